The maximum atomic E-state index is 5.67. The third-order valence-corrected chi connectivity index (χ3v) is 2.71. The van der Waals surface area contributed by atoms with E-state index >= 15 is 0 Å². The van der Waals surface area contributed by atoms with Gasteiger partial charge in [0.15, 0.2) is 0 Å². The molecule has 0 aliphatic heterocycles. The molecule has 17 heavy (non-hydrogen) atoms. The molecule has 0 spiro atoms. The van der Waals surface area contributed by atoms with E-state index in [9.17, 15) is 0 Å². The van der Waals surface area contributed by atoms with Gasteiger partial charge < -0.3 is 10.1 Å². The monoisotopic (exact) mass is 235 g/mol. The van der Waals surface area contributed by atoms with Crippen molar-refractivity contribution in [3.8, 4) is 5.75 Å². The van der Waals surface area contributed by atoms with Crippen LogP contribution in [-0.4, -0.2) is 19.7 Å². The van der Waals surface area contributed by atoms with Gasteiger partial charge in [-0.2, -0.15) is 0 Å². The molecule has 0 saturated carbocycles. The molecule has 1 N–H and O–H groups in total. The van der Waals surface area contributed by atoms with Crippen LogP contribution >= 0.6 is 0 Å². The molecule has 2 heteroatoms. The van der Waals surface area contributed by atoms with Gasteiger partial charge in [-0.3, -0.25) is 0 Å². The van der Waals surface area contributed by atoms with Crippen molar-refractivity contribution in [2.24, 2.45) is 0 Å². The Bertz CT molecular complexity index is 281. The Morgan fingerprint density at radius 3 is 2.47 bits per heavy atom. The summed E-state index contributed by atoms with van der Waals surface area (Å²) < 4.78 is 5.67. The number of aryl methyl sites for hydroxylation is 1. The normalized spacial score (nSPS) is 10.5. The minimum absolute atomic E-state index is 0.830. The average Bonchev–Trinajstić information content (AvgIpc) is 2.35. The smallest absolute Gasteiger partial charge is 0.119 e. The van der Waals surface area contributed by atoms with E-state index < -0.39 is 0 Å². The van der Waals surface area contributed by atoms with Crippen LogP contribution in [0.2, 0.25) is 0 Å². The second kappa shape index (κ2) is 9.06. The van der Waals surface area contributed by atoms with E-state index in [2.05, 4.69) is 31.3 Å². The Balaban J connectivity index is 1.95. The van der Waals surface area contributed by atoms with Crippen LogP contribution in [0.15, 0.2) is 24.3 Å². The van der Waals surface area contributed by atoms with Gasteiger partial charge in [-0.15, -0.1) is 0 Å². The fourth-order valence-corrected chi connectivity index (χ4v) is 1.66. The van der Waals surface area contributed by atoms with Gasteiger partial charge in [-0.25, -0.2) is 0 Å². The molecule has 1 aromatic rings. The highest BCUT2D eigenvalue weighted by Crippen LogP contribution is 2.11. The Morgan fingerprint density at radius 2 is 1.76 bits per heavy atom. The SMILES string of the molecule is CCCNCCCCCOc1ccc(C)cc1. The minimum atomic E-state index is 0.830. The first-order valence-electron chi connectivity index (χ1n) is 6.73. The van der Waals surface area contributed by atoms with Gasteiger partial charge in [-0.05, 0) is 57.8 Å². The summed E-state index contributed by atoms with van der Waals surface area (Å²) >= 11 is 0. The first kappa shape index (κ1) is 14.0. The third-order valence-electron chi connectivity index (χ3n) is 2.71. The van der Waals surface area contributed by atoms with Crippen molar-refractivity contribution in [2.75, 3.05) is 19.7 Å². The lowest BCUT2D eigenvalue weighted by Gasteiger charge is -2.06. The molecule has 96 valence electrons. The highest BCUT2D eigenvalue weighted by Gasteiger charge is 1.93. The summed E-state index contributed by atoms with van der Waals surface area (Å²) in [6.07, 6.45) is 4.85. The summed E-state index contributed by atoms with van der Waals surface area (Å²) in [7, 11) is 0. The zero-order valence-corrected chi connectivity index (χ0v) is 11.2. The predicted octanol–water partition coefficient (Wildman–Crippen LogP) is 3.54. The van der Waals surface area contributed by atoms with Gasteiger partial charge >= 0.3 is 0 Å². The van der Waals surface area contributed by atoms with Crippen LogP contribution in [0, 0.1) is 6.92 Å². The van der Waals surface area contributed by atoms with Crippen molar-refractivity contribution in [1.29, 1.82) is 0 Å². The number of ether oxygens (including phenoxy) is 1. The number of hydrogen-bond donors (Lipinski definition) is 1. The predicted molar refractivity (Wildman–Crippen MR) is 73.7 cm³/mol. The second-order valence-corrected chi connectivity index (χ2v) is 4.47. The van der Waals surface area contributed by atoms with Crippen LogP contribution in [-0.2, 0) is 0 Å². The summed E-state index contributed by atoms with van der Waals surface area (Å²) in [6, 6.07) is 8.25. The number of hydrogen-bond acceptors (Lipinski definition) is 2. The molecule has 1 aromatic carbocycles. The average molecular weight is 235 g/mol. The standard InChI is InChI=1S/C15H25NO/c1-3-11-16-12-5-4-6-13-17-15-9-7-14(2)8-10-15/h7-10,16H,3-6,11-13H2,1-2H3. The Morgan fingerprint density at radius 1 is 1.00 bits per heavy atom. The highest BCUT2D eigenvalue weighted by molar-refractivity contribution is 5.26. The van der Waals surface area contributed by atoms with Crippen molar-refractivity contribution in [2.45, 2.75) is 39.5 Å². The van der Waals surface area contributed by atoms with Crippen LogP contribution in [0.1, 0.15) is 38.2 Å². The molecule has 0 aliphatic carbocycles. The fourth-order valence-electron chi connectivity index (χ4n) is 1.66. The van der Waals surface area contributed by atoms with Gasteiger partial charge in [0.05, 0.1) is 6.61 Å². The summed E-state index contributed by atoms with van der Waals surface area (Å²) in [4.78, 5) is 0. The van der Waals surface area contributed by atoms with E-state index in [1.807, 2.05) is 12.1 Å². The lowest BCUT2D eigenvalue weighted by Crippen LogP contribution is -2.15. The molecule has 0 amide bonds. The largest absolute Gasteiger partial charge is 0.494 e. The Labute approximate surface area is 105 Å². The second-order valence-electron chi connectivity index (χ2n) is 4.47. The lowest BCUT2D eigenvalue weighted by molar-refractivity contribution is 0.305. The molecule has 0 saturated heterocycles. The maximum absolute atomic E-state index is 5.67. The van der Waals surface area contributed by atoms with Crippen molar-refractivity contribution >= 4 is 0 Å². The molecule has 0 fully saturated rings. The summed E-state index contributed by atoms with van der Waals surface area (Å²) in [5.41, 5.74) is 1.28. The summed E-state index contributed by atoms with van der Waals surface area (Å²) in [5.74, 6) is 0.986. The van der Waals surface area contributed by atoms with Crippen LogP contribution in [0.5, 0.6) is 5.75 Å². The highest BCUT2D eigenvalue weighted by atomic mass is 16.5. The van der Waals surface area contributed by atoms with Gasteiger partial charge in [-0.1, -0.05) is 24.6 Å². The molecule has 0 atom stereocenters. The minimum Gasteiger partial charge on any atom is -0.494 e. The Kier molecular flexibility index (Phi) is 7.48. The topological polar surface area (TPSA) is 21.3 Å². The first-order valence-corrected chi connectivity index (χ1v) is 6.73. The van der Waals surface area contributed by atoms with Crippen molar-refractivity contribution in [1.82, 2.24) is 5.32 Å². The molecule has 0 heterocycles. The van der Waals surface area contributed by atoms with E-state index in [0.29, 0.717) is 0 Å². The number of unbranched alkanes of at least 4 members (excludes halogenated alkanes) is 2. The molecule has 0 bridgehead atoms. The van der Waals surface area contributed by atoms with Gasteiger partial charge in [0.1, 0.15) is 5.75 Å². The van der Waals surface area contributed by atoms with Crippen LogP contribution in [0.4, 0.5) is 0 Å². The van der Waals surface area contributed by atoms with Crippen LogP contribution < -0.4 is 10.1 Å². The number of benzene rings is 1. The molecular weight excluding hydrogens is 210 g/mol. The number of nitrogens with one attached hydrogen (secondary N) is 1. The fraction of sp³-hybridized carbons (Fsp3) is 0.600. The van der Waals surface area contributed by atoms with Gasteiger partial charge in [0.2, 0.25) is 0 Å². The molecular formula is C15H25NO. The van der Waals surface area contributed by atoms with E-state index in [1.165, 1.54) is 24.8 Å². The molecule has 0 radical (unpaired) electrons. The van der Waals surface area contributed by atoms with Crippen LogP contribution in [0.3, 0.4) is 0 Å². The molecule has 2 nitrogen and oxygen atoms in total. The first-order chi connectivity index (χ1) is 8.33. The van der Waals surface area contributed by atoms with Crippen molar-refractivity contribution < 1.29 is 4.74 Å². The van der Waals surface area contributed by atoms with Crippen molar-refractivity contribution in [3.05, 3.63) is 29.8 Å². The van der Waals surface area contributed by atoms with Crippen LogP contribution in [0.25, 0.3) is 0 Å². The van der Waals surface area contributed by atoms with E-state index in [-0.39, 0.29) is 0 Å². The van der Waals surface area contributed by atoms with Gasteiger partial charge in [0, 0.05) is 0 Å². The molecule has 0 unspecified atom stereocenters. The van der Waals surface area contributed by atoms with Gasteiger partial charge in [0.25, 0.3) is 0 Å². The lowest BCUT2D eigenvalue weighted by atomic mass is 10.2. The number of rotatable bonds is 9. The third kappa shape index (κ3) is 7.01. The molecule has 0 aromatic heterocycles. The maximum Gasteiger partial charge on any atom is 0.119 e. The zero-order chi connectivity index (χ0) is 12.3. The molecule has 1 rings (SSSR count). The Hall–Kier alpha value is -1.02. The van der Waals surface area contributed by atoms with Crippen molar-refractivity contribution in [3.63, 3.8) is 0 Å². The zero-order valence-electron chi connectivity index (χ0n) is 11.2. The quantitative estimate of drug-likeness (QED) is 0.661. The molecule has 0 aliphatic rings. The van der Waals surface area contributed by atoms with E-state index in [1.54, 1.807) is 0 Å². The van der Waals surface area contributed by atoms with E-state index in [0.717, 1.165) is 31.9 Å². The summed E-state index contributed by atoms with van der Waals surface area (Å²) in [5, 5.41) is 3.41. The summed E-state index contributed by atoms with van der Waals surface area (Å²) in [6.45, 7) is 7.39. The van der Waals surface area contributed by atoms with E-state index in [4.69, 9.17) is 4.74 Å².